The minimum Gasteiger partial charge on any atom is -0.390 e. The molecule has 5 heteroatoms. The number of rotatable bonds is 6. The third kappa shape index (κ3) is 3.85. The second-order valence-electron chi connectivity index (χ2n) is 8.35. The molecule has 1 fully saturated rings. The van der Waals surface area contributed by atoms with Gasteiger partial charge < -0.3 is 10.0 Å². The summed E-state index contributed by atoms with van der Waals surface area (Å²) in [4.78, 5) is 24.3. The minimum absolute atomic E-state index is 0.0882. The molecule has 2 aromatic rings. The number of aromatic nitrogens is 1. The predicted octanol–water partition coefficient (Wildman–Crippen LogP) is 3.10. The number of pyridine rings is 1. The number of hydrogen-bond donors (Lipinski definition) is 1. The zero-order valence-corrected chi connectivity index (χ0v) is 16.6. The lowest BCUT2D eigenvalue weighted by Crippen LogP contribution is -2.42. The summed E-state index contributed by atoms with van der Waals surface area (Å²) in [5.74, 6) is 0.903. The molecule has 1 atom stereocenters. The highest BCUT2D eigenvalue weighted by molar-refractivity contribution is 6.02. The summed E-state index contributed by atoms with van der Waals surface area (Å²) in [7, 11) is 0. The normalized spacial score (nSPS) is 17.0. The van der Waals surface area contributed by atoms with Crippen LogP contribution in [0.2, 0.25) is 0 Å². The zero-order valence-electron chi connectivity index (χ0n) is 16.6. The van der Waals surface area contributed by atoms with E-state index in [1.54, 1.807) is 13.8 Å². The Morgan fingerprint density at radius 3 is 2.64 bits per heavy atom. The van der Waals surface area contributed by atoms with Gasteiger partial charge in [-0.05, 0) is 37.5 Å². The largest absolute Gasteiger partial charge is 0.390 e. The third-order valence-corrected chi connectivity index (χ3v) is 5.71. The summed E-state index contributed by atoms with van der Waals surface area (Å²) in [5, 5.41) is 10.6. The minimum atomic E-state index is -0.970. The molecule has 1 N–H and O–H groups in total. The van der Waals surface area contributed by atoms with Crippen LogP contribution in [0.5, 0.6) is 0 Å². The number of amidine groups is 1. The van der Waals surface area contributed by atoms with Crippen molar-refractivity contribution in [2.45, 2.75) is 51.2 Å². The Morgan fingerprint density at radius 1 is 1.25 bits per heavy atom. The molecule has 4 rings (SSSR count). The van der Waals surface area contributed by atoms with E-state index in [9.17, 15) is 9.90 Å². The summed E-state index contributed by atoms with van der Waals surface area (Å²) in [6, 6.07) is 11.8. The fourth-order valence-electron chi connectivity index (χ4n) is 3.98. The summed E-state index contributed by atoms with van der Waals surface area (Å²) >= 11 is 0. The van der Waals surface area contributed by atoms with E-state index in [4.69, 9.17) is 0 Å². The number of aliphatic hydroxyl groups is 1. The first-order chi connectivity index (χ1) is 13.4. The molecule has 2 aliphatic heterocycles. The Balaban J connectivity index is 1.45. The molecular weight excluding hydrogens is 350 g/mol. The van der Waals surface area contributed by atoms with Crippen molar-refractivity contribution in [3.05, 3.63) is 65.0 Å². The number of ketones is 1. The number of carbonyl (C=O) groups excluding carboxylic acids is 1. The van der Waals surface area contributed by atoms with Gasteiger partial charge in [0.2, 0.25) is 0 Å². The summed E-state index contributed by atoms with van der Waals surface area (Å²) in [6.45, 7) is 6.33. The van der Waals surface area contributed by atoms with Crippen molar-refractivity contribution in [1.82, 2.24) is 9.88 Å². The molecule has 5 nitrogen and oxygen atoms in total. The fraction of sp³-hybridized carbons (Fsp3) is 0.435. The molecule has 0 unspecified atom stereocenters. The molecule has 28 heavy (non-hydrogen) atoms. The van der Waals surface area contributed by atoms with E-state index < -0.39 is 5.60 Å². The van der Waals surface area contributed by atoms with Gasteiger partial charge in [-0.3, -0.25) is 14.8 Å². The highest BCUT2D eigenvalue weighted by atomic mass is 16.3. The Hall–Kier alpha value is -2.53. The Kier molecular flexibility index (Phi) is 5.02. The van der Waals surface area contributed by atoms with Crippen LogP contribution < -0.4 is 0 Å². The first kappa shape index (κ1) is 18.8. The van der Waals surface area contributed by atoms with E-state index in [0.717, 1.165) is 41.3 Å². The topological polar surface area (TPSA) is 65.8 Å². The lowest BCUT2D eigenvalue weighted by atomic mass is 9.80. The molecule has 1 aromatic carbocycles. The van der Waals surface area contributed by atoms with E-state index in [1.165, 1.54) is 6.42 Å². The van der Waals surface area contributed by atoms with Crippen LogP contribution in [-0.4, -0.2) is 45.3 Å². The van der Waals surface area contributed by atoms with E-state index >= 15 is 0 Å². The average molecular weight is 377 g/mol. The highest BCUT2D eigenvalue weighted by Crippen LogP contribution is 2.32. The standard InChI is InChI=1S/C23H27N3O2/c1-23(2,28)21(16-7-4-3-5-8-16)13-19(27)12-18-11-17-14-25-22(20(17)15-24-18)26-9-6-10-26/h3-5,7-8,11,15,21,28H,6,9-10,12-14H2,1-2H3/t21-/m0/s1. The fourth-order valence-corrected chi connectivity index (χ4v) is 3.98. The molecule has 1 aromatic heterocycles. The van der Waals surface area contributed by atoms with Gasteiger partial charge in [0.1, 0.15) is 11.6 Å². The summed E-state index contributed by atoms with van der Waals surface area (Å²) < 4.78 is 0. The van der Waals surface area contributed by atoms with Crippen molar-refractivity contribution >= 4 is 11.6 Å². The maximum absolute atomic E-state index is 12.8. The first-order valence-electron chi connectivity index (χ1n) is 9.98. The van der Waals surface area contributed by atoms with Crippen molar-refractivity contribution in [3.63, 3.8) is 0 Å². The summed E-state index contributed by atoms with van der Waals surface area (Å²) in [5.41, 5.74) is 3.06. The van der Waals surface area contributed by atoms with Crippen LogP contribution in [0.1, 0.15) is 55.0 Å². The second-order valence-corrected chi connectivity index (χ2v) is 8.35. The maximum atomic E-state index is 12.8. The van der Waals surface area contributed by atoms with Crippen LogP contribution in [0.3, 0.4) is 0 Å². The van der Waals surface area contributed by atoms with Gasteiger partial charge in [0.15, 0.2) is 0 Å². The smallest absolute Gasteiger partial charge is 0.139 e. The number of Topliss-reactive ketones (excluding diaryl/α,β-unsaturated/α-hetero) is 1. The maximum Gasteiger partial charge on any atom is 0.139 e. The molecule has 0 amide bonds. The quantitative estimate of drug-likeness (QED) is 0.840. The SMILES string of the molecule is CC(C)(O)[C@@H](CC(=O)Cc1cc2c(cn1)C(N1CCC1)=NC2)c1ccccc1. The third-order valence-electron chi connectivity index (χ3n) is 5.71. The van der Waals surface area contributed by atoms with Crippen molar-refractivity contribution in [1.29, 1.82) is 0 Å². The van der Waals surface area contributed by atoms with Crippen molar-refractivity contribution < 1.29 is 9.90 Å². The lowest BCUT2D eigenvalue weighted by Gasteiger charge is -2.33. The van der Waals surface area contributed by atoms with Gasteiger partial charge >= 0.3 is 0 Å². The Morgan fingerprint density at radius 2 is 2.00 bits per heavy atom. The average Bonchev–Trinajstić information content (AvgIpc) is 3.01. The number of hydrogen-bond acceptors (Lipinski definition) is 5. The number of nitrogens with zero attached hydrogens (tertiary/aromatic N) is 3. The molecule has 0 spiro atoms. The first-order valence-corrected chi connectivity index (χ1v) is 9.98. The molecule has 0 saturated carbocycles. The number of benzene rings is 1. The van der Waals surface area contributed by atoms with Gasteiger partial charge in [0.05, 0.1) is 12.1 Å². The van der Waals surface area contributed by atoms with Crippen LogP contribution in [-0.2, 0) is 17.8 Å². The van der Waals surface area contributed by atoms with E-state index in [1.807, 2.05) is 42.6 Å². The number of fused-ring (bicyclic) bond motifs is 1. The van der Waals surface area contributed by atoms with Gasteiger partial charge in [-0.25, -0.2) is 0 Å². The Labute approximate surface area is 166 Å². The van der Waals surface area contributed by atoms with Crippen LogP contribution in [0.15, 0.2) is 47.6 Å². The molecule has 0 radical (unpaired) electrons. The molecule has 3 heterocycles. The van der Waals surface area contributed by atoms with Crippen molar-refractivity contribution in [3.8, 4) is 0 Å². The highest BCUT2D eigenvalue weighted by Gasteiger charge is 2.31. The predicted molar refractivity (Wildman–Crippen MR) is 109 cm³/mol. The molecule has 146 valence electrons. The number of likely N-dealkylation sites (tertiary alicyclic amines) is 1. The van der Waals surface area contributed by atoms with Crippen LogP contribution in [0.4, 0.5) is 0 Å². The molecule has 0 aliphatic carbocycles. The van der Waals surface area contributed by atoms with Crippen LogP contribution >= 0.6 is 0 Å². The summed E-state index contributed by atoms with van der Waals surface area (Å²) in [6.07, 6.45) is 3.67. The lowest BCUT2D eigenvalue weighted by molar-refractivity contribution is -0.120. The van der Waals surface area contributed by atoms with E-state index in [-0.39, 0.29) is 18.1 Å². The second kappa shape index (κ2) is 7.47. The molecule has 0 bridgehead atoms. The number of carbonyl (C=O) groups is 1. The van der Waals surface area contributed by atoms with E-state index in [2.05, 4.69) is 14.9 Å². The number of aliphatic imine (C=N–C) groups is 1. The molecular formula is C23H27N3O2. The Bertz CT molecular complexity index is 896. The van der Waals surface area contributed by atoms with E-state index in [0.29, 0.717) is 13.0 Å². The van der Waals surface area contributed by atoms with Crippen LogP contribution in [0, 0.1) is 0 Å². The molecule has 2 aliphatic rings. The molecule has 1 saturated heterocycles. The van der Waals surface area contributed by atoms with Crippen molar-refractivity contribution in [2.75, 3.05) is 13.1 Å². The monoisotopic (exact) mass is 377 g/mol. The van der Waals surface area contributed by atoms with Gasteiger partial charge in [-0.2, -0.15) is 0 Å². The van der Waals surface area contributed by atoms with Gasteiger partial charge in [0, 0.05) is 49.3 Å². The van der Waals surface area contributed by atoms with Crippen molar-refractivity contribution in [2.24, 2.45) is 4.99 Å². The van der Waals surface area contributed by atoms with Gasteiger partial charge in [0.25, 0.3) is 0 Å². The van der Waals surface area contributed by atoms with Gasteiger partial charge in [-0.1, -0.05) is 30.3 Å². The van der Waals surface area contributed by atoms with Gasteiger partial charge in [-0.15, -0.1) is 0 Å². The zero-order chi connectivity index (χ0) is 19.7. The van der Waals surface area contributed by atoms with Crippen LogP contribution in [0.25, 0.3) is 0 Å².